The average Bonchev–Trinajstić information content (AvgIpc) is 2.39. The summed E-state index contributed by atoms with van der Waals surface area (Å²) in [5.74, 6) is -0.0202. The van der Waals surface area contributed by atoms with Gasteiger partial charge in [0.2, 0.25) is 0 Å². The number of halogens is 1. The first-order chi connectivity index (χ1) is 9.06. The lowest BCUT2D eigenvalue weighted by Gasteiger charge is -2.14. The molecular formula is C16H18FNO. The van der Waals surface area contributed by atoms with Crippen LogP contribution >= 0.6 is 0 Å². The molecule has 2 aromatic carbocycles. The fraction of sp³-hybridized carbons (Fsp3) is 0.250. The van der Waals surface area contributed by atoms with Crippen molar-refractivity contribution in [1.29, 1.82) is 0 Å². The molecule has 2 nitrogen and oxygen atoms in total. The van der Waals surface area contributed by atoms with Crippen LogP contribution in [-0.4, -0.2) is 11.3 Å². The molecule has 100 valence electrons. The number of benzene rings is 2. The number of nitrogens with two attached hydrogens (primary N) is 1. The van der Waals surface area contributed by atoms with E-state index in [0.29, 0.717) is 6.42 Å². The Morgan fingerprint density at radius 2 is 1.47 bits per heavy atom. The predicted octanol–water partition coefficient (Wildman–Crippen LogP) is 3.26. The Hall–Kier alpha value is -1.71. The van der Waals surface area contributed by atoms with Crippen molar-refractivity contribution in [3.05, 3.63) is 59.9 Å². The smallest absolute Gasteiger partial charge is 0.123 e. The molecule has 0 spiro atoms. The monoisotopic (exact) mass is 259 g/mol. The van der Waals surface area contributed by atoms with Gasteiger partial charge in [-0.2, -0.15) is 0 Å². The first-order valence-corrected chi connectivity index (χ1v) is 6.36. The lowest BCUT2D eigenvalue weighted by Crippen LogP contribution is -2.20. The van der Waals surface area contributed by atoms with Crippen LogP contribution in [0.3, 0.4) is 0 Å². The summed E-state index contributed by atoms with van der Waals surface area (Å²) < 4.78 is 12.9. The van der Waals surface area contributed by atoms with Crippen molar-refractivity contribution in [1.82, 2.24) is 0 Å². The van der Waals surface area contributed by atoms with Crippen LogP contribution < -0.4 is 5.73 Å². The van der Waals surface area contributed by atoms with Crippen LogP contribution in [-0.2, 0) is 0 Å². The molecule has 0 aliphatic carbocycles. The Morgan fingerprint density at radius 3 is 1.95 bits per heavy atom. The van der Waals surface area contributed by atoms with Gasteiger partial charge in [0.25, 0.3) is 0 Å². The molecule has 0 aromatic heterocycles. The van der Waals surface area contributed by atoms with Gasteiger partial charge < -0.3 is 10.8 Å². The highest BCUT2D eigenvalue weighted by molar-refractivity contribution is 5.63. The lowest BCUT2D eigenvalue weighted by molar-refractivity contribution is 0.164. The zero-order valence-electron chi connectivity index (χ0n) is 10.9. The van der Waals surface area contributed by atoms with Crippen LogP contribution in [0, 0.1) is 5.82 Å². The molecule has 0 radical (unpaired) electrons. The first-order valence-electron chi connectivity index (χ1n) is 6.36. The maximum absolute atomic E-state index is 12.9. The summed E-state index contributed by atoms with van der Waals surface area (Å²) >= 11 is 0. The van der Waals surface area contributed by atoms with Crippen molar-refractivity contribution >= 4 is 0 Å². The zero-order valence-corrected chi connectivity index (χ0v) is 10.9. The fourth-order valence-corrected chi connectivity index (χ4v) is 2.14. The molecule has 19 heavy (non-hydrogen) atoms. The van der Waals surface area contributed by atoms with Crippen LogP contribution in [0.5, 0.6) is 0 Å². The second-order valence-corrected chi connectivity index (χ2v) is 4.83. The van der Waals surface area contributed by atoms with Gasteiger partial charge in [-0.25, -0.2) is 4.39 Å². The van der Waals surface area contributed by atoms with Gasteiger partial charge in [0.1, 0.15) is 12.0 Å². The molecule has 0 bridgehead atoms. The first kappa shape index (κ1) is 13.7. The van der Waals surface area contributed by atoms with Gasteiger partial charge >= 0.3 is 0 Å². The highest BCUT2D eigenvalue weighted by atomic mass is 19.1. The van der Waals surface area contributed by atoms with Crippen LogP contribution in [0.15, 0.2) is 48.5 Å². The van der Waals surface area contributed by atoms with Crippen LogP contribution in [0.2, 0.25) is 0 Å². The summed E-state index contributed by atoms with van der Waals surface area (Å²) in [6.07, 6.45) is -0.248. The Morgan fingerprint density at radius 1 is 1.00 bits per heavy atom. The Balaban J connectivity index is 2.16. The predicted molar refractivity (Wildman–Crippen MR) is 75.1 cm³/mol. The van der Waals surface area contributed by atoms with Gasteiger partial charge in [0, 0.05) is 0 Å². The van der Waals surface area contributed by atoms with Gasteiger partial charge in [-0.3, -0.25) is 0 Å². The second kappa shape index (κ2) is 5.95. The van der Waals surface area contributed by atoms with Crippen LogP contribution in [0.1, 0.15) is 24.8 Å². The number of hydrogen-bond acceptors (Lipinski definition) is 2. The molecule has 0 amide bonds. The molecule has 0 saturated heterocycles. The van der Waals surface area contributed by atoms with E-state index in [4.69, 9.17) is 5.73 Å². The van der Waals surface area contributed by atoms with E-state index in [2.05, 4.69) is 0 Å². The minimum Gasteiger partial charge on any atom is -0.379 e. The summed E-state index contributed by atoms with van der Waals surface area (Å²) in [5, 5.41) is 9.18. The Bertz CT molecular complexity index is 519. The molecule has 0 fully saturated rings. The van der Waals surface area contributed by atoms with Crippen LogP contribution in [0.4, 0.5) is 4.39 Å². The highest BCUT2D eigenvalue weighted by Gasteiger charge is 2.09. The molecule has 0 aliphatic rings. The average molecular weight is 259 g/mol. The van der Waals surface area contributed by atoms with E-state index >= 15 is 0 Å². The maximum atomic E-state index is 12.9. The van der Waals surface area contributed by atoms with Crippen LogP contribution in [0.25, 0.3) is 11.1 Å². The summed E-state index contributed by atoms with van der Waals surface area (Å²) in [6, 6.07) is 14.5. The third-order valence-corrected chi connectivity index (χ3v) is 3.25. The molecule has 3 heteroatoms. The molecule has 3 N–H and O–H groups in total. The number of aliphatic hydroxyl groups excluding tert-OH is 1. The number of hydrogen-bond donors (Lipinski definition) is 2. The standard InChI is InChI=1S/C16H18FNO/c1-11(10-16(18)19)12-2-4-13(5-3-12)14-6-8-15(17)9-7-14/h2-9,11,16,19H,10,18H2,1H3. The zero-order chi connectivity index (χ0) is 13.8. The summed E-state index contributed by atoms with van der Waals surface area (Å²) in [5.41, 5.74) is 8.55. The highest BCUT2D eigenvalue weighted by Crippen LogP contribution is 2.24. The van der Waals surface area contributed by atoms with Crippen molar-refractivity contribution in [2.75, 3.05) is 0 Å². The molecule has 2 atom stereocenters. The van der Waals surface area contributed by atoms with E-state index in [1.807, 2.05) is 31.2 Å². The summed E-state index contributed by atoms with van der Waals surface area (Å²) in [7, 11) is 0. The molecular weight excluding hydrogens is 241 g/mol. The van der Waals surface area contributed by atoms with Crippen molar-refractivity contribution in [3.8, 4) is 11.1 Å². The largest absolute Gasteiger partial charge is 0.379 e. The molecule has 2 aromatic rings. The van der Waals surface area contributed by atoms with E-state index in [1.54, 1.807) is 12.1 Å². The number of aliphatic hydroxyl groups is 1. The van der Waals surface area contributed by atoms with E-state index in [0.717, 1.165) is 16.7 Å². The Labute approximate surface area is 112 Å². The third kappa shape index (κ3) is 3.63. The van der Waals surface area contributed by atoms with Crippen molar-refractivity contribution < 1.29 is 9.50 Å². The molecule has 0 aliphatic heterocycles. The topological polar surface area (TPSA) is 46.2 Å². The lowest BCUT2D eigenvalue weighted by atomic mass is 9.95. The fourth-order valence-electron chi connectivity index (χ4n) is 2.14. The normalized spacial score (nSPS) is 14.1. The van der Waals surface area contributed by atoms with Gasteiger partial charge in [-0.1, -0.05) is 43.3 Å². The summed E-state index contributed by atoms with van der Waals surface area (Å²) in [4.78, 5) is 0. The SMILES string of the molecule is CC(CC(N)O)c1ccc(-c2ccc(F)cc2)cc1. The van der Waals surface area contributed by atoms with Crippen molar-refractivity contribution in [3.63, 3.8) is 0 Å². The van der Waals surface area contributed by atoms with Gasteiger partial charge in [-0.15, -0.1) is 0 Å². The van der Waals surface area contributed by atoms with Gasteiger partial charge in [0.05, 0.1) is 0 Å². The third-order valence-electron chi connectivity index (χ3n) is 3.25. The quantitative estimate of drug-likeness (QED) is 0.828. The van der Waals surface area contributed by atoms with E-state index < -0.39 is 6.23 Å². The van der Waals surface area contributed by atoms with Crippen molar-refractivity contribution in [2.24, 2.45) is 5.73 Å². The molecule has 2 rings (SSSR count). The van der Waals surface area contributed by atoms with E-state index in [1.165, 1.54) is 12.1 Å². The van der Waals surface area contributed by atoms with E-state index in [-0.39, 0.29) is 11.7 Å². The van der Waals surface area contributed by atoms with Gasteiger partial charge in [-0.05, 0) is 41.2 Å². The number of rotatable bonds is 4. The second-order valence-electron chi connectivity index (χ2n) is 4.83. The van der Waals surface area contributed by atoms with Gasteiger partial charge in [0.15, 0.2) is 0 Å². The molecule has 2 unspecified atom stereocenters. The minimum atomic E-state index is -0.785. The minimum absolute atomic E-state index is 0.210. The summed E-state index contributed by atoms with van der Waals surface area (Å²) in [6.45, 7) is 2.03. The van der Waals surface area contributed by atoms with E-state index in [9.17, 15) is 9.50 Å². The molecule has 0 heterocycles. The maximum Gasteiger partial charge on any atom is 0.123 e. The molecule has 0 saturated carbocycles. The Kier molecular flexibility index (Phi) is 4.30. The van der Waals surface area contributed by atoms with Crippen molar-refractivity contribution in [2.45, 2.75) is 25.5 Å².